The molecule has 1 aliphatic carbocycles. The van der Waals surface area contributed by atoms with Crippen LogP contribution in [0.1, 0.15) is 71.0 Å². The first-order chi connectivity index (χ1) is 15.3. The second kappa shape index (κ2) is 9.11. The van der Waals surface area contributed by atoms with Crippen molar-refractivity contribution in [2.24, 2.45) is 10.7 Å². The molecule has 3 aromatic rings. The largest absolute Gasteiger partial charge is 0.397 e. The molecule has 0 saturated heterocycles. The van der Waals surface area contributed by atoms with Gasteiger partial charge in [-0.1, -0.05) is 38.3 Å². The molecule has 0 bridgehead atoms. The Balaban J connectivity index is 1.95. The average Bonchev–Trinajstić information content (AvgIpc) is 3.17. The maximum absolute atomic E-state index is 6.42. The van der Waals surface area contributed by atoms with Crippen molar-refractivity contribution in [1.29, 1.82) is 0 Å². The summed E-state index contributed by atoms with van der Waals surface area (Å²) in [5.74, 6) is 0.890. The van der Waals surface area contributed by atoms with E-state index in [1.54, 1.807) is 12.1 Å². The van der Waals surface area contributed by atoms with Crippen LogP contribution in [0.25, 0.3) is 11.0 Å². The standard InChI is InChI=1S/C23H33ClN8/c1-12(2)19-21-20(31-30-19)22(27-14-9-10-15(24)17(26)11-14)29-23(32(21)13(3)4)28-18-8-6-5-7-16(18)25/h9-13,16,18H,5-8,25-26H2,1-4H3,(H,30,31)(H,27,28,29). The Labute approximate surface area is 193 Å². The van der Waals surface area contributed by atoms with Gasteiger partial charge in [0.25, 0.3) is 0 Å². The minimum atomic E-state index is 0.0586. The van der Waals surface area contributed by atoms with Gasteiger partial charge in [-0.15, -0.1) is 0 Å². The van der Waals surface area contributed by atoms with Gasteiger partial charge in [0.15, 0.2) is 11.3 Å². The van der Waals surface area contributed by atoms with Gasteiger partial charge in [-0.05, 0) is 50.8 Å². The van der Waals surface area contributed by atoms with E-state index in [0.717, 1.165) is 48.1 Å². The summed E-state index contributed by atoms with van der Waals surface area (Å²) in [6.07, 6.45) is 4.28. The maximum atomic E-state index is 6.42. The van der Waals surface area contributed by atoms with Crippen LogP contribution < -0.4 is 22.4 Å². The van der Waals surface area contributed by atoms with Crippen LogP contribution in [0.3, 0.4) is 0 Å². The highest BCUT2D eigenvalue weighted by Gasteiger charge is 2.24. The van der Waals surface area contributed by atoms with Crippen molar-refractivity contribution in [3.8, 4) is 0 Å². The van der Waals surface area contributed by atoms with E-state index in [-0.39, 0.29) is 24.0 Å². The zero-order valence-corrected chi connectivity index (χ0v) is 19.9. The lowest BCUT2D eigenvalue weighted by Gasteiger charge is -2.25. The number of nitrogens with zero attached hydrogens (tertiary/aromatic N) is 4. The van der Waals surface area contributed by atoms with Gasteiger partial charge in [-0.2, -0.15) is 10.1 Å². The topological polar surface area (TPSA) is 123 Å². The zero-order chi connectivity index (χ0) is 23.0. The lowest BCUT2D eigenvalue weighted by atomic mass is 9.91. The van der Waals surface area contributed by atoms with E-state index < -0.39 is 0 Å². The van der Waals surface area contributed by atoms with Crippen LogP contribution >= 0.6 is 11.6 Å². The third kappa shape index (κ3) is 4.34. The highest BCUT2D eigenvalue weighted by atomic mass is 35.5. The first kappa shape index (κ1) is 22.6. The smallest absolute Gasteiger partial charge is 0.227 e. The van der Waals surface area contributed by atoms with E-state index in [9.17, 15) is 0 Å². The fourth-order valence-corrected chi connectivity index (χ4v) is 4.46. The van der Waals surface area contributed by atoms with Gasteiger partial charge < -0.3 is 21.4 Å². The number of aromatic amines is 1. The first-order valence-corrected chi connectivity index (χ1v) is 11.8. The third-order valence-electron chi connectivity index (χ3n) is 6.08. The second-order valence-electron chi connectivity index (χ2n) is 9.22. The number of halogens is 1. The molecule has 0 spiro atoms. The molecular formula is C23H33ClN8. The highest BCUT2D eigenvalue weighted by Crippen LogP contribution is 2.30. The summed E-state index contributed by atoms with van der Waals surface area (Å²) in [4.78, 5) is 10.0. The van der Waals surface area contributed by atoms with Gasteiger partial charge in [0.1, 0.15) is 0 Å². The SMILES string of the molecule is CC(C)c1[nH]nc2c(Nc3ccc(Cl)c(N)c3)nc(=NC3CCCCC3N)n(C(C)C)c12. The van der Waals surface area contributed by atoms with Gasteiger partial charge in [0, 0.05) is 17.8 Å². The first-order valence-electron chi connectivity index (χ1n) is 11.4. The summed E-state index contributed by atoms with van der Waals surface area (Å²) in [5, 5.41) is 11.8. The van der Waals surface area contributed by atoms with E-state index in [1.807, 2.05) is 6.07 Å². The average molecular weight is 457 g/mol. The molecule has 1 aliphatic rings. The molecule has 0 radical (unpaired) electrons. The Kier molecular flexibility index (Phi) is 6.44. The quantitative estimate of drug-likeness (QED) is 0.417. The second-order valence-corrected chi connectivity index (χ2v) is 9.63. The number of benzene rings is 1. The molecule has 2 heterocycles. The van der Waals surface area contributed by atoms with Gasteiger partial charge in [0.2, 0.25) is 5.62 Å². The van der Waals surface area contributed by atoms with E-state index in [2.05, 4.69) is 47.8 Å². The molecule has 6 N–H and O–H groups in total. The molecule has 9 heteroatoms. The number of hydrogen-bond donors (Lipinski definition) is 4. The van der Waals surface area contributed by atoms with E-state index in [0.29, 0.717) is 22.1 Å². The van der Waals surface area contributed by atoms with Crippen LogP contribution in [-0.2, 0) is 0 Å². The predicted molar refractivity (Wildman–Crippen MR) is 131 cm³/mol. The number of hydrogen-bond acceptors (Lipinski definition) is 6. The molecule has 8 nitrogen and oxygen atoms in total. The van der Waals surface area contributed by atoms with Crippen molar-refractivity contribution in [2.75, 3.05) is 11.1 Å². The number of fused-ring (bicyclic) bond motifs is 1. The van der Waals surface area contributed by atoms with Crippen LogP contribution in [-0.4, -0.2) is 31.8 Å². The molecular weight excluding hydrogens is 424 g/mol. The van der Waals surface area contributed by atoms with E-state index in [4.69, 9.17) is 33.0 Å². The van der Waals surface area contributed by atoms with Crippen molar-refractivity contribution in [2.45, 2.75) is 77.4 Å². The number of aromatic nitrogens is 4. The highest BCUT2D eigenvalue weighted by molar-refractivity contribution is 6.33. The van der Waals surface area contributed by atoms with Crippen molar-refractivity contribution in [3.63, 3.8) is 0 Å². The van der Waals surface area contributed by atoms with Gasteiger partial charge in [-0.3, -0.25) is 5.10 Å². The van der Waals surface area contributed by atoms with E-state index >= 15 is 0 Å². The number of nitrogen functional groups attached to an aromatic ring is 1. The molecule has 1 saturated carbocycles. The maximum Gasteiger partial charge on any atom is 0.227 e. The van der Waals surface area contributed by atoms with Crippen LogP contribution in [0.2, 0.25) is 5.02 Å². The Morgan fingerprint density at radius 1 is 1.22 bits per heavy atom. The third-order valence-corrected chi connectivity index (χ3v) is 6.42. The Hall–Kier alpha value is -2.58. The molecule has 0 aliphatic heterocycles. The predicted octanol–water partition coefficient (Wildman–Crippen LogP) is 4.61. The summed E-state index contributed by atoms with van der Waals surface area (Å²) in [6.45, 7) is 8.59. The normalized spacial score (nSPS) is 19.9. The molecule has 0 amide bonds. The summed E-state index contributed by atoms with van der Waals surface area (Å²) in [6, 6.07) is 5.71. The summed E-state index contributed by atoms with van der Waals surface area (Å²) >= 11 is 6.10. The lowest BCUT2D eigenvalue weighted by Crippen LogP contribution is -2.39. The lowest BCUT2D eigenvalue weighted by molar-refractivity contribution is 0.375. The van der Waals surface area contributed by atoms with Crippen LogP contribution in [0.4, 0.5) is 17.2 Å². The van der Waals surface area contributed by atoms with Crippen molar-refractivity contribution in [1.82, 2.24) is 19.7 Å². The molecule has 32 heavy (non-hydrogen) atoms. The Morgan fingerprint density at radius 3 is 2.62 bits per heavy atom. The van der Waals surface area contributed by atoms with Crippen LogP contribution in [0.5, 0.6) is 0 Å². The summed E-state index contributed by atoms with van der Waals surface area (Å²) in [5.41, 5.74) is 17.2. The molecule has 2 unspecified atom stereocenters. The number of nitrogens with two attached hydrogens (primary N) is 2. The Bertz CT molecular complexity index is 1180. The minimum Gasteiger partial charge on any atom is -0.397 e. The van der Waals surface area contributed by atoms with Gasteiger partial charge in [-0.25, -0.2) is 4.99 Å². The van der Waals surface area contributed by atoms with Crippen LogP contribution in [0, 0.1) is 0 Å². The van der Waals surface area contributed by atoms with E-state index in [1.165, 1.54) is 0 Å². The summed E-state index contributed by atoms with van der Waals surface area (Å²) in [7, 11) is 0. The molecule has 2 atom stereocenters. The van der Waals surface area contributed by atoms with Crippen molar-refractivity contribution in [3.05, 3.63) is 34.5 Å². The number of anilines is 3. The number of H-pyrrole nitrogens is 1. The fourth-order valence-electron chi connectivity index (χ4n) is 4.34. The van der Waals surface area contributed by atoms with Gasteiger partial charge in [0.05, 0.1) is 28.0 Å². The van der Waals surface area contributed by atoms with Crippen LogP contribution in [0.15, 0.2) is 23.2 Å². The van der Waals surface area contributed by atoms with Crippen molar-refractivity contribution < 1.29 is 0 Å². The van der Waals surface area contributed by atoms with Gasteiger partial charge >= 0.3 is 0 Å². The molecule has 4 rings (SSSR count). The minimum absolute atomic E-state index is 0.0586. The summed E-state index contributed by atoms with van der Waals surface area (Å²) < 4.78 is 2.18. The number of rotatable bonds is 5. The van der Waals surface area contributed by atoms with Crippen molar-refractivity contribution >= 4 is 39.8 Å². The fraction of sp³-hybridized carbons (Fsp3) is 0.522. The Morgan fingerprint density at radius 2 is 1.97 bits per heavy atom. The monoisotopic (exact) mass is 456 g/mol. The molecule has 172 valence electrons. The number of nitrogens with one attached hydrogen (secondary N) is 2. The molecule has 2 aromatic heterocycles. The molecule has 1 aromatic carbocycles. The zero-order valence-electron chi connectivity index (χ0n) is 19.2. The molecule has 1 fully saturated rings.